The number of hydrogen-bond acceptors (Lipinski definition) is 4. The fourth-order valence-corrected chi connectivity index (χ4v) is 5.27. The minimum absolute atomic E-state index is 0.0922. The quantitative estimate of drug-likeness (QED) is 0.323. The van der Waals surface area contributed by atoms with Gasteiger partial charge in [0.2, 0.25) is 0 Å². The molecule has 2 heterocycles. The third-order valence-corrected chi connectivity index (χ3v) is 8.20. The number of rotatable bonds is 7. The monoisotopic (exact) mass is 550 g/mol. The number of hydrogen-bond donors (Lipinski definition) is 0. The van der Waals surface area contributed by atoms with Gasteiger partial charge in [0.15, 0.2) is 0 Å². The van der Waals surface area contributed by atoms with Gasteiger partial charge >= 0.3 is 0 Å². The Labute approximate surface area is 244 Å². The summed E-state index contributed by atoms with van der Waals surface area (Å²) in [6.45, 7) is 32.7. The Morgan fingerprint density at radius 1 is 0.500 bits per heavy atom. The molecular formula is C36H54O4. The second-order valence-electron chi connectivity index (χ2n) is 16.2. The van der Waals surface area contributed by atoms with Crippen LogP contribution in [0.1, 0.15) is 119 Å². The molecule has 0 radical (unpaired) electrons. The van der Waals surface area contributed by atoms with E-state index in [2.05, 4.69) is 121 Å². The first-order valence-corrected chi connectivity index (χ1v) is 15.1. The van der Waals surface area contributed by atoms with E-state index in [9.17, 15) is 0 Å². The van der Waals surface area contributed by atoms with Crippen molar-refractivity contribution in [2.24, 2.45) is 0 Å². The molecule has 0 spiro atoms. The van der Waals surface area contributed by atoms with Crippen molar-refractivity contribution in [2.45, 2.75) is 143 Å². The summed E-state index contributed by atoms with van der Waals surface area (Å²) in [6, 6.07) is 9.43. The molecule has 0 aliphatic carbocycles. The van der Waals surface area contributed by atoms with Gasteiger partial charge in [0.1, 0.15) is 36.9 Å². The Kier molecular flexibility index (Phi) is 8.00. The van der Waals surface area contributed by atoms with Crippen LogP contribution in [-0.2, 0) is 31.1 Å². The summed E-state index contributed by atoms with van der Waals surface area (Å²) in [7, 11) is 0. The van der Waals surface area contributed by atoms with Crippen molar-refractivity contribution in [1.29, 1.82) is 0 Å². The molecule has 4 nitrogen and oxygen atoms in total. The standard InChI is InChI=1S/C36H54O4/c1-21-29(39-21)19-37-31-25(33(3,4)5)15-23(16-26(31)34(6,7)8)24-17-27(35(9,10)11)32(28(18-24)36(12,13)14)38-20-30-22(2)40-30/h15-18,21-22,29-30H,19-20H2,1-14H3. The van der Waals surface area contributed by atoms with Gasteiger partial charge in [-0.15, -0.1) is 0 Å². The first kappa shape index (κ1) is 30.9. The minimum Gasteiger partial charge on any atom is -0.490 e. The molecule has 2 fully saturated rings. The predicted octanol–water partition coefficient (Wildman–Crippen LogP) is 8.88. The molecule has 222 valence electrons. The zero-order chi connectivity index (χ0) is 30.0. The van der Waals surface area contributed by atoms with Gasteiger partial charge in [-0.2, -0.15) is 0 Å². The lowest BCUT2D eigenvalue weighted by atomic mass is 9.75. The molecule has 0 amide bonds. The van der Waals surface area contributed by atoms with Crippen LogP contribution >= 0.6 is 0 Å². The van der Waals surface area contributed by atoms with Gasteiger partial charge in [-0.25, -0.2) is 0 Å². The lowest BCUT2D eigenvalue weighted by molar-refractivity contribution is 0.251. The van der Waals surface area contributed by atoms with E-state index in [1.807, 2.05) is 0 Å². The van der Waals surface area contributed by atoms with Gasteiger partial charge in [0.25, 0.3) is 0 Å². The molecule has 2 aromatic carbocycles. The normalized spacial score (nSPS) is 23.2. The van der Waals surface area contributed by atoms with Crippen molar-refractivity contribution in [3.8, 4) is 22.6 Å². The highest BCUT2D eigenvalue weighted by molar-refractivity contribution is 5.73. The van der Waals surface area contributed by atoms with E-state index in [1.165, 1.54) is 33.4 Å². The molecule has 2 aliphatic rings. The van der Waals surface area contributed by atoms with Crippen LogP contribution in [0.3, 0.4) is 0 Å². The molecule has 4 atom stereocenters. The van der Waals surface area contributed by atoms with E-state index in [0.717, 1.165) is 11.5 Å². The van der Waals surface area contributed by atoms with Crippen LogP contribution in [0, 0.1) is 0 Å². The molecule has 0 N–H and O–H groups in total. The van der Waals surface area contributed by atoms with E-state index in [4.69, 9.17) is 18.9 Å². The predicted molar refractivity (Wildman–Crippen MR) is 166 cm³/mol. The first-order valence-electron chi connectivity index (χ1n) is 15.1. The van der Waals surface area contributed by atoms with Crippen LogP contribution < -0.4 is 9.47 Å². The maximum Gasteiger partial charge on any atom is 0.126 e. The van der Waals surface area contributed by atoms with Crippen LogP contribution in [0.5, 0.6) is 11.5 Å². The SMILES string of the molecule is CC1OC1COc1c(C(C)(C)C)cc(-c2cc(C(C)(C)C)c(OCC3OC3C)c(C(C)(C)C)c2)cc1C(C)(C)C. The average molecular weight is 551 g/mol. The fraction of sp³-hybridized carbons (Fsp3) is 0.667. The number of ether oxygens (including phenoxy) is 4. The van der Waals surface area contributed by atoms with Crippen molar-refractivity contribution in [2.75, 3.05) is 13.2 Å². The minimum atomic E-state index is -0.0922. The van der Waals surface area contributed by atoms with E-state index in [1.54, 1.807) is 0 Å². The summed E-state index contributed by atoms with van der Waals surface area (Å²) in [4.78, 5) is 0. The second-order valence-corrected chi connectivity index (χ2v) is 16.2. The molecule has 4 rings (SSSR count). The van der Waals surface area contributed by atoms with Crippen LogP contribution in [-0.4, -0.2) is 37.6 Å². The third-order valence-electron chi connectivity index (χ3n) is 8.20. The Bertz CT molecular complexity index is 1060. The van der Waals surface area contributed by atoms with E-state index in [0.29, 0.717) is 13.2 Å². The van der Waals surface area contributed by atoms with Crippen molar-refractivity contribution >= 4 is 0 Å². The third kappa shape index (κ3) is 6.87. The highest BCUT2D eigenvalue weighted by Gasteiger charge is 2.38. The first-order chi connectivity index (χ1) is 18.2. The summed E-state index contributed by atoms with van der Waals surface area (Å²) >= 11 is 0. The summed E-state index contributed by atoms with van der Waals surface area (Å²) in [5, 5.41) is 0. The smallest absolute Gasteiger partial charge is 0.126 e. The molecule has 2 aliphatic heterocycles. The molecule has 4 heteroatoms. The van der Waals surface area contributed by atoms with Gasteiger partial charge in [-0.1, -0.05) is 83.1 Å². The Morgan fingerprint density at radius 3 is 0.900 bits per heavy atom. The van der Waals surface area contributed by atoms with Crippen LogP contribution in [0.4, 0.5) is 0 Å². The van der Waals surface area contributed by atoms with E-state index < -0.39 is 0 Å². The summed E-state index contributed by atoms with van der Waals surface area (Å²) in [5.41, 5.74) is 7.01. The van der Waals surface area contributed by atoms with Gasteiger partial charge < -0.3 is 18.9 Å². The second kappa shape index (κ2) is 10.3. The maximum absolute atomic E-state index is 6.59. The van der Waals surface area contributed by atoms with Crippen molar-refractivity contribution in [1.82, 2.24) is 0 Å². The number of benzene rings is 2. The summed E-state index contributed by atoms with van der Waals surface area (Å²) < 4.78 is 24.6. The molecule has 0 bridgehead atoms. The van der Waals surface area contributed by atoms with Gasteiger partial charge in [-0.05, 0) is 70.9 Å². The molecule has 0 aromatic heterocycles. The van der Waals surface area contributed by atoms with Crippen LogP contribution in [0.15, 0.2) is 24.3 Å². The van der Waals surface area contributed by atoms with Crippen molar-refractivity contribution in [3.63, 3.8) is 0 Å². The highest BCUT2D eigenvalue weighted by Crippen LogP contribution is 2.47. The molecule has 0 saturated carbocycles. The molecular weight excluding hydrogens is 496 g/mol. The van der Waals surface area contributed by atoms with Crippen LogP contribution in [0.2, 0.25) is 0 Å². The Balaban J connectivity index is 1.92. The molecule has 40 heavy (non-hydrogen) atoms. The summed E-state index contributed by atoms with van der Waals surface area (Å²) in [5.74, 6) is 2.02. The van der Waals surface area contributed by atoms with Gasteiger partial charge in [-0.3, -0.25) is 0 Å². The van der Waals surface area contributed by atoms with Crippen molar-refractivity contribution in [3.05, 3.63) is 46.5 Å². The van der Waals surface area contributed by atoms with E-state index >= 15 is 0 Å². The van der Waals surface area contributed by atoms with Crippen molar-refractivity contribution < 1.29 is 18.9 Å². The lowest BCUT2D eigenvalue weighted by Crippen LogP contribution is -2.22. The zero-order valence-electron chi connectivity index (χ0n) is 27.7. The lowest BCUT2D eigenvalue weighted by Gasteiger charge is -2.32. The molecule has 2 aromatic rings. The Hall–Kier alpha value is -2.04. The molecule has 4 unspecified atom stereocenters. The van der Waals surface area contributed by atoms with Crippen LogP contribution in [0.25, 0.3) is 11.1 Å². The maximum atomic E-state index is 6.59. The summed E-state index contributed by atoms with van der Waals surface area (Å²) in [6.07, 6.45) is 0.913. The Morgan fingerprint density at radius 2 is 0.725 bits per heavy atom. The van der Waals surface area contributed by atoms with Gasteiger partial charge in [0, 0.05) is 22.3 Å². The van der Waals surface area contributed by atoms with Gasteiger partial charge in [0.05, 0.1) is 12.2 Å². The number of epoxide rings is 2. The highest BCUT2D eigenvalue weighted by atomic mass is 16.6. The largest absolute Gasteiger partial charge is 0.490 e. The average Bonchev–Trinajstić information content (AvgIpc) is 3.70. The fourth-order valence-electron chi connectivity index (χ4n) is 5.27. The van der Waals surface area contributed by atoms with E-state index in [-0.39, 0.29) is 46.1 Å². The topological polar surface area (TPSA) is 43.5 Å². The zero-order valence-corrected chi connectivity index (χ0v) is 27.7. The molecule has 2 saturated heterocycles.